The largest absolute Gasteiger partial charge is 0.507 e. The molecule has 3 nitrogen and oxygen atoms in total. The molecule has 0 unspecified atom stereocenters. The Labute approximate surface area is 263 Å². The van der Waals surface area contributed by atoms with Crippen molar-refractivity contribution in [2.24, 2.45) is 0 Å². The van der Waals surface area contributed by atoms with Gasteiger partial charge in [-0.2, -0.15) is 0 Å². The molecule has 216 valence electrons. The molecule has 0 saturated carbocycles. The highest BCUT2D eigenvalue weighted by atomic mass is 16.3. The number of hydrogen-bond acceptors (Lipinski definition) is 2. The van der Waals surface area contributed by atoms with Crippen molar-refractivity contribution in [1.29, 1.82) is 0 Å². The second-order valence-electron chi connectivity index (χ2n) is 11.6. The van der Waals surface area contributed by atoms with E-state index in [9.17, 15) is 5.11 Å². The minimum Gasteiger partial charge on any atom is -0.507 e. The van der Waals surface area contributed by atoms with Crippen LogP contribution >= 0.6 is 0 Å². The molecule has 0 spiro atoms. The Kier molecular flexibility index (Phi) is 6.77. The Morgan fingerprint density at radius 2 is 1.20 bits per heavy atom. The van der Waals surface area contributed by atoms with Crippen molar-refractivity contribution < 1.29 is 5.11 Å². The van der Waals surface area contributed by atoms with Crippen LogP contribution in [0, 0.1) is 0 Å². The van der Waals surface area contributed by atoms with Crippen molar-refractivity contribution in [3.8, 4) is 33.7 Å². The second kappa shape index (κ2) is 11.4. The summed E-state index contributed by atoms with van der Waals surface area (Å²) in [6, 6.07) is 50.5. The van der Waals surface area contributed by atoms with E-state index in [0.29, 0.717) is 0 Å². The summed E-state index contributed by atoms with van der Waals surface area (Å²) in [6.45, 7) is 0. The normalized spacial score (nSPS) is 13.1. The Morgan fingerprint density at radius 3 is 1.98 bits per heavy atom. The van der Waals surface area contributed by atoms with Gasteiger partial charge in [-0.1, -0.05) is 103 Å². The second-order valence-corrected chi connectivity index (χ2v) is 11.6. The Bertz CT molecular complexity index is 2200. The number of aromatic hydroxyl groups is 1. The number of allylic oxidation sites excluding steroid dienone is 3. The standard InChI is InChI=1S/C42H32N2O/c45-42-25-24-34(44-40-22-8-5-19-36(40)37-20-6-9-23-41(37)44)28-38(42)32-16-10-14-30(26-32)31-15-11-17-33(27-31)43-39-21-7-4-18-35(39)29-12-2-1-3-13-29/h1-3,5-17,19-28,43,45H,4,18H2. The number of para-hydroxylation sites is 2. The van der Waals surface area contributed by atoms with Gasteiger partial charge in [0, 0.05) is 33.4 Å². The van der Waals surface area contributed by atoms with Crippen LogP contribution in [0.2, 0.25) is 0 Å². The molecular weight excluding hydrogens is 548 g/mol. The average molecular weight is 581 g/mol. The highest BCUT2D eigenvalue weighted by molar-refractivity contribution is 6.09. The summed E-state index contributed by atoms with van der Waals surface area (Å²) in [6.07, 6.45) is 6.50. The fourth-order valence-electron chi connectivity index (χ4n) is 6.61. The highest BCUT2D eigenvalue weighted by Crippen LogP contribution is 2.38. The lowest BCUT2D eigenvalue weighted by atomic mass is 9.94. The molecule has 0 saturated heterocycles. The zero-order valence-electron chi connectivity index (χ0n) is 24.8. The lowest BCUT2D eigenvalue weighted by Gasteiger charge is -2.19. The molecule has 0 bridgehead atoms. The first kappa shape index (κ1) is 26.8. The van der Waals surface area contributed by atoms with Crippen LogP contribution in [0.15, 0.2) is 163 Å². The van der Waals surface area contributed by atoms with E-state index in [2.05, 4.69) is 155 Å². The number of aromatic nitrogens is 1. The molecule has 0 radical (unpaired) electrons. The Morgan fingerprint density at radius 1 is 0.556 bits per heavy atom. The van der Waals surface area contributed by atoms with Crippen LogP contribution < -0.4 is 5.32 Å². The molecule has 8 rings (SSSR count). The van der Waals surface area contributed by atoms with E-state index in [1.807, 2.05) is 6.07 Å². The van der Waals surface area contributed by atoms with E-state index in [1.54, 1.807) is 6.07 Å². The number of hydrogen-bond donors (Lipinski definition) is 2. The van der Waals surface area contributed by atoms with Crippen LogP contribution in [0.25, 0.3) is 55.3 Å². The first-order valence-electron chi connectivity index (χ1n) is 15.5. The summed E-state index contributed by atoms with van der Waals surface area (Å²) in [7, 11) is 0. The maximum Gasteiger partial charge on any atom is 0.123 e. The molecule has 0 fully saturated rings. The van der Waals surface area contributed by atoms with Gasteiger partial charge < -0.3 is 15.0 Å². The van der Waals surface area contributed by atoms with Gasteiger partial charge >= 0.3 is 0 Å². The first-order valence-corrected chi connectivity index (χ1v) is 15.5. The van der Waals surface area contributed by atoms with E-state index < -0.39 is 0 Å². The van der Waals surface area contributed by atoms with Gasteiger partial charge in [0.1, 0.15) is 5.75 Å². The summed E-state index contributed by atoms with van der Waals surface area (Å²) >= 11 is 0. The molecule has 1 aliphatic carbocycles. The molecular formula is C42H32N2O. The van der Waals surface area contributed by atoms with Crippen molar-refractivity contribution >= 4 is 33.1 Å². The maximum atomic E-state index is 11.1. The number of benzene rings is 6. The molecule has 6 aromatic carbocycles. The molecule has 1 aromatic heterocycles. The predicted octanol–water partition coefficient (Wildman–Crippen LogP) is 11.0. The van der Waals surface area contributed by atoms with Crippen molar-refractivity contribution in [3.05, 3.63) is 169 Å². The summed E-state index contributed by atoms with van der Waals surface area (Å²) in [4.78, 5) is 0. The average Bonchev–Trinajstić information content (AvgIpc) is 3.44. The van der Waals surface area contributed by atoms with Gasteiger partial charge in [0.15, 0.2) is 0 Å². The fraction of sp³-hybridized carbons (Fsp3) is 0.0476. The number of anilines is 1. The zero-order valence-corrected chi connectivity index (χ0v) is 24.8. The maximum absolute atomic E-state index is 11.1. The third kappa shape index (κ3) is 4.99. The van der Waals surface area contributed by atoms with Crippen molar-refractivity contribution in [2.45, 2.75) is 12.8 Å². The molecule has 45 heavy (non-hydrogen) atoms. The van der Waals surface area contributed by atoms with E-state index in [0.717, 1.165) is 63.2 Å². The SMILES string of the molecule is Oc1ccc(-n2c3ccccc3c3ccccc32)cc1-c1cccc(-c2cccc(NC3=C(c4ccccc4)CCC=C3)c2)c1. The molecule has 0 atom stereocenters. The smallest absolute Gasteiger partial charge is 0.123 e. The highest BCUT2D eigenvalue weighted by Gasteiger charge is 2.15. The summed E-state index contributed by atoms with van der Waals surface area (Å²) in [5.74, 6) is 0.261. The molecule has 3 heteroatoms. The van der Waals surface area contributed by atoms with Crippen molar-refractivity contribution in [2.75, 3.05) is 5.32 Å². The number of rotatable bonds is 6. The van der Waals surface area contributed by atoms with Gasteiger partial charge in [-0.15, -0.1) is 0 Å². The van der Waals surface area contributed by atoms with E-state index in [4.69, 9.17) is 0 Å². The molecule has 2 N–H and O–H groups in total. The number of phenolic OH excluding ortho intramolecular Hbond substituents is 1. The van der Waals surface area contributed by atoms with Crippen LogP contribution in [-0.2, 0) is 0 Å². The number of nitrogens with zero attached hydrogens (tertiary/aromatic N) is 1. The minimum atomic E-state index is 0.261. The fourth-order valence-corrected chi connectivity index (χ4v) is 6.61. The van der Waals surface area contributed by atoms with Crippen LogP contribution in [0.3, 0.4) is 0 Å². The van der Waals surface area contributed by atoms with Gasteiger partial charge in [-0.3, -0.25) is 0 Å². The molecule has 7 aromatic rings. The van der Waals surface area contributed by atoms with Gasteiger partial charge in [-0.25, -0.2) is 0 Å². The van der Waals surface area contributed by atoms with Gasteiger partial charge in [0.2, 0.25) is 0 Å². The topological polar surface area (TPSA) is 37.2 Å². The Hall–Kier alpha value is -5.80. The van der Waals surface area contributed by atoms with E-state index in [1.165, 1.54) is 21.9 Å². The third-order valence-electron chi connectivity index (χ3n) is 8.76. The molecule has 1 aliphatic rings. The molecule has 1 heterocycles. The number of nitrogens with one attached hydrogen (secondary N) is 1. The van der Waals surface area contributed by atoms with Crippen LogP contribution in [0.4, 0.5) is 5.69 Å². The van der Waals surface area contributed by atoms with Crippen LogP contribution in [-0.4, -0.2) is 9.67 Å². The minimum absolute atomic E-state index is 0.261. The quantitative estimate of drug-likeness (QED) is 0.205. The van der Waals surface area contributed by atoms with Gasteiger partial charge in [0.25, 0.3) is 0 Å². The lowest BCUT2D eigenvalue weighted by molar-refractivity contribution is 0.477. The summed E-state index contributed by atoms with van der Waals surface area (Å²) < 4.78 is 2.28. The van der Waals surface area contributed by atoms with Crippen molar-refractivity contribution in [3.63, 3.8) is 0 Å². The lowest BCUT2D eigenvalue weighted by Crippen LogP contribution is -2.04. The summed E-state index contributed by atoms with van der Waals surface area (Å²) in [5, 5.41) is 17.2. The van der Waals surface area contributed by atoms with Gasteiger partial charge in [0.05, 0.1) is 11.0 Å². The predicted molar refractivity (Wildman–Crippen MR) is 189 cm³/mol. The van der Waals surface area contributed by atoms with E-state index in [-0.39, 0.29) is 5.75 Å². The summed E-state index contributed by atoms with van der Waals surface area (Å²) in [5.41, 5.74) is 12.1. The molecule has 0 aliphatic heterocycles. The van der Waals surface area contributed by atoms with Crippen LogP contribution in [0.5, 0.6) is 5.75 Å². The third-order valence-corrected chi connectivity index (χ3v) is 8.76. The van der Waals surface area contributed by atoms with E-state index >= 15 is 0 Å². The van der Waals surface area contributed by atoms with Crippen molar-refractivity contribution in [1.82, 2.24) is 4.57 Å². The zero-order chi connectivity index (χ0) is 30.2. The first-order chi connectivity index (χ1) is 22.2. The monoisotopic (exact) mass is 580 g/mol. The van der Waals surface area contributed by atoms with Crippen LogP contribution in [0.1, 0.15) is 18.4 Å². The Balaban J connectivity index is 1.16. The number of fused-ring (bicyclic) bond motifs is 3. The molecule has 0 amide bonds. The van der Waals surface area contributed by atoms with Gasteiger partial charge in [-0.05, 0) is 95.3 Å². The number of phenols is 1.